The molecular weight excluding hydrogens is 292 g/mol. The summed E-state index contributed by atoms with van der Waals surface area (Å²) in [4.78, 5) is 23.9. The van der Waals surface area contributed by atoms with E-state index in [1.54, 1.807) is 31.2 Å². The molecule has 120 valence electrons. The molecule has 2 aromatic rings. The average molecular weight is 312 g/mol. The number of rotatable bonds is 4. The van der Waals surface area contributed by atoms with E-state index in [-0.39, 0.29) is 5.91 Å². The molecule has 2 aromatic carbocycles. The highest BCUT2D eigenvalue weighted by atomic mass is 16.5. The van der Waals surface area contributed by atoms with E-state index in [4.69, 9.17) is 4.74 Å². The van der Waals surface area contributed by atoms with Gasteiger partial charge in [0, 0.05) is 5.56 Å². The van der Waals surface area contributed by atoms with Crippen LogP contribution in [0.1, 0.15) is 28.4 Å². The SMILES string of the molecule is Cc1cccc(OC(C)C(=O)NNC(=O)c2ccccc2)c1C. The fraction of sp³-hybridized carbons (Fsp3) is 0.222. The molecule has 5 heteroatoms. The van der Waals surface area contributed by atoms with Gasteiger partial charge in [0.1, 0.15) is 5.75 Å². The molecule has 0 aromatic heterocycles. The van der Waals surface area contributed by atoms with E-state index in [0.717, 1.165) is 11.1 Å². The number of nitrogens with one attached hydrogen (secondary N) is 2. The quantitative estimate of drug-likeness (QED) is 0.853. The number of hydrogen-bond donors (Lipinski definition) is 2. The minimum atomic E-state index is -0.730. The van der Waals surface area contributed by atoms with Crippen LogP contribution >= 0.6 is 0 Å². The highest BCUT2D eigenvalue weighted by Gasteiger charge is 2.17. The van der Waals surface area contributed by atoms with Crippen LogP contribution in [0.15, 0.2) is 48.5 Å². The predicted molar refractivity (Wildman–Crippen MR) is 88.1 cm³/mol. The van der Waals surface area contributed by atoms with Crippen LogP contribution in [0.3, 0.4) is 0 Å². The summed E-state index contributed by atoms with van der Waals surface area (Å²) < 4.78 is 5.66. The third-order valence-electron chi connectivity index (χ3n) is 3.56. The standard InChI is InChI=1S/C18H20N2O3/c1-12-8-7-11-16(13(12)2)23-14(3)17(21)19-20-18(22)15-9-5-4-6-10-15/h4-11,14H,1-3H3,(H,19,21)(H,20,22). The summed E-state index contributed by atoms with van der Waals surface area (Å²) >= 11 is 0. The van der Waals surface area contributed by atoms with Crippen LogP contribution in [-0.4, -0.2) is 17.9 Å². The molecule has 0 bridgehead atoms. The smallest absolute Gasteiger partial charge is 0.279 e. The van der Waals surface area contributed by atoms with Crippen molar-refractivity contribution in [1.82, 2.24) is 10.9 Å². The van der Waals surface area contributed by atoms with Gasteiger partial charge in [0.25, 0.3) is 11.8 Å². The van der Waals surface area contributed by atoms with Crippen LogP contribution in [0, 0.1) is 13.8 Å². The number of hydrazine groups is 1. The molecule has 0 fully saturated rings. The van der Waals surface area contributed by atoms with Gasteiger partial charge in [0.05, 0.1) is 0 Å². The number of amides is 2. The van der Waals surface area contributed by atoms with Crippen LogP contribution in [0.2, 0.25) is 0 Å². The molecule has 0 saturated carbocycles. The van der Waals surface area contributed by atoms with E-state index in [0.29, 0.717) is 11.3 Å². The number of carbonyl (C=O) groups is 2. The molecule has 0 aliphatic heterocycles. The van der Waals surface area contributed by atoms with Crippen molar-refractivity contribution in [3.63, 3.8) is 0 Å². The van der Waals surface area contributed by atoms with Gasteiger partial charge in [-0.25, -0.2) is 0 Å². The number of ether oxygens (including phenoxy) is 1. The Balaban J connectivity index is 1.90. The molecule has 0 heterocycles. The fourth-order valence-corrected chi connectivity index (χ4v) is 1.98. The molecule has 5 nitrogen and oxygen atoms in total. The summed E-state index contributed by atoms with van der Waals surface area (Å²) in [6.07, 6.45) is -0.730. The summed E-state index contributed by atoms with van der Waals surface area (Å²) in [7, 11) is 0. The number of benzene rings is 2. The van der Waals surface area contributed by atoms with Crippen molar-refractivity contribution in [3.05, 3.63) is 65.2 Å². The zero-order valence-corrected chi connectivity index (χ0v) is 13.4. The van der Waals surface area contributed by atoms with Crippen LogP contribution in [0.5, 0.6) is 5.75 Å². The molecule has 2 N–H and O–H groups in total. The first-order valence-corrected chi connectivity index (χ1v) is 7.37. The van der Waals surface area contributed by atoms with E-state index >= 15 is 0 Å². The third kappa shape index (κ3) is 4.32. The topological polar surface area (TPSA) is 67.4 Å². The van der Waals surface area contributed by atoms with Gasteiger partial charge in [-0.3, -0.25) is 20.4 Å². The van der Waals surface area contributed by atoms with Crippen molar-refractivity contribution in [2.75, 3.05) is 0 Å². The predicted octanol–water partition coefficient (Wildman–Crippen LogP) is 2.53. The molecule has 23 heavy (non-hydrogen) atoms. The Hall–Kier alpha value is -2.82. The first-order valence-electron chi connectivity index (χ1n) is 7.37. The molecule has 2 rings (SSSR count). The molecule has 0 saturated heterocycles. The Morgan fingerprint density at radius 3 is 2.35 bits per heavy atom. The third-order valence-corrected chi connectivity index (χ3v) is 3.56. The molecule has 0 aliphatic rings. The Bertz CT molecular complexity index is 699. The molecule has 0 spiro atoms. The van der Waals surface area contributed by atoms with Gasteiger partial charge < -0.3 is 4.74 Å². The van der Waals surface area contributed by atoms with Gasteiger partial charge in [0.2, 0.25) is 0 Å². The Morgan fingerprint density at radius 2 is 1.65 bits per heavy atom. The van der Waals surface area contributed by atoms with Crippen molar-refractivity contribution in [1.29, 1.82) is 0 Å². The van der Waals surface area contributed by atoms with Crippen LogP contribution in [0.25, 0.3) is 0 Å². The molecule has 1 unspecified atom stereocenters. The summed E-state index contributed by atoms with van der Waals surface area (Å²) in [5.41, 5.74) is 7.29. The average Bonchev–Trinajstić information content (AvgIpc) is 2.57. The normalized spacial score (nSPS) is 11.4. The Morgan fingerprint density at radius 1 is 0.957 bits per heavy atom. The number of carbonyl (C=O) groups excluding carboxylic acids is 2. The summed E-state index contributed by atoms with van der Waals surface area (Å²) in [6.45, 7) is 5.55. The number of hydrogen-bond acceptors (Lipinski definition) is 3. The van der Waals surface area contributed by atoms with Crippen molar-refractivity contribution in [2.45, 2.75) is 26.9 Å². The highest BCUT2D eigenvalue weighted by Crippen LogP contribution is 2.21. The Labute approximate surface area is 135 Å². The first kappa shape index (κ1) is 16.5. The summed E-state index contributed by atoms with van der Waals surface area (Å²) in [6, 6.07) is 14.3. The second-order valence-electron chi connectivity index (χ2n) is 5.27. The zero-order valence-electron chi connectivity index (χ0n) is 13.4. The minimum Gasteiger partial charge on any atom is -0.481 e. The van der Waals surface area contributed by atoms with E-state index in [9.17, 15) is 9.59 Å². The molecule has 2 amide bonds. The van der Waals surface area contributed by atoms with Crippen molar-refractivity contribution in [3.8, 4) is 5.75 Å². The van der Waals surface area contributed by atoms with Crippen LogP contribution in [0.4, 0.5) is 0 Å². The van der Waals surface area contributed by atoms with Crippen molar-refractivity contribution in [2.24, 2.45) is 0 Å². The van der Waals surface area contributed by atoms with Gasteiger partial charge in [-0.15, -0.1) is 0 Å². The van der Waals surface area contributed by atoms with E-state index in [1.165, 1.54) is 0 Å². The second-order valence-corrected chi connectivity index (χ2v) is 5.27. The number of aryl methyl sites for hydroxylation is 1. The van der Waals surface area contributed by atoms with E-state index in [1.807, 2.05) is 38.1 Å². The summed E-state index contributed by atoms with van der Waals surface area (Å²) in [5, 5.41) is 0. The first-order chi connectivity index (χ1) is 11.0. The molecule has 0 aliphatic carbocycles. The maximum absolute atomic E-state index is 12.0. The van der Waals surface area contributed by atoms with Gasteiger partial charge in [0.15, 0.2) is 6.10 Å². The zero-order chi connectivity index (χ0) is 16.8. The maximum Gasteiger partial charge on any atom is 0.279 e. The highest BCUT2D eigenvalue weighted by molar-refractivity contribution is 5.95. The van der Waals surface area contributed by atoms with E-state index in [2.05, 4.69) is 10.9 Å². The monoisotopic (exact) mass is 312 g/mol. The molecule has 0 radical (unpaired) electrons. The Kier molecular flexibility index (Phi) is 5.36. The van der Waals surface area contributed by atoms with Gasteiger partial charge >= 0.3 is 0 Å². The minimum absolute atomic E-state index is 0.377. The maximum atomic E-state index is 12.0. The van der Waals surface area contributed by atoms with Crippen molar-refractivity contribution < 1.29 is 14.3 Å². The largest absolute Gasteiger partial charge is 0.481 e. The lowest BCUT2D eigenvalue weighted by molar-refractivity contribution is -0.128. The molecular formula is C18H20N2O3. The summed E-state index contributed by atoms with van der Waals surface area (Å²) in [5.74, 6) is -0.143. The van der Waals surface area contributed by atoms with Crippen molar-refractivity contribution >= 4 is 11.8 Å². The lowest BCUT2D eigenvalue weighted by atomic mass is 10.1. The fourth-order valence-electron chi connectivity index (χ4n) is 1.98. The molecule has 1 atom stereocenters. The van der Waals surface area contributed by atoms with Gasteiger partial charge in [-0.2, -0.15) is 0 Å². The van der Waals surface area contributed by atoms with E-state index < -0.39 is 12.0 Å². The van der Waals surface area contributed by atoms with Crippen LogP contribution < -0.4 is 15.6 Å². The van der Waals surface area contributed by atoms with Crippen LogP contribution in [-0.2, 0) is 4.79 Å². The lowest BCUT2D eigenvalue weighted by Crippen LogP contribution is -2.47. The van der Waals surface area contributed by atoms with Gasteiger partial charge in [-0.05, 0) is 50.1 Å². The van der Waals surface area contributed by atoms with Gasteiger partial charge in [-0.1, -0.05) is 30.3 Å². The second kappa shape index (κ2) is 7.45. The lowest BCUT2D eigenvalue weighted by Gasteiger charge is -2.17.